The molecular weight excluding hydrogens is 430 g/mol. The zero-order valence-corrected chi connectivity index (χ0v) is 19.2. The number of aromatic nitrogens is 6. The highest BCUT2D eigenvalue weighted by atomic mass is 32.2. The van der Waals surface area contributed by atoms with Crippen molar-refractivity contribution in [1.29, 1.82) is 0 Å². The topological polar surface area (TPSA) is 124 Å². The first-order valence-electron chi connectivity index (χ1n) is 11.1. The maximum Gasteiger partial charge on any atom is 0.243 e. The van der Waals surface area contributed by atoms with E-state index < -0.39 is 10.0 Å². The summed E-state index contributed by atoms with van der Waals surface area (Å²) in [5.41, 5.74) is 3.52. The average Bonchev–Trinajstić information content (AvgIpc) is 3.43. The van der Waals surface area contributed by atoms with Crippen LogP contribution in [0.15, 0.2) is 18.7 Å². The van der Waals surface area contributed by atoms with Gasteiger partial charge in [0.2, 0.25) is 16.0 Å². The maximum atomic E-state index is 11.8. The van der Waals surface area contributed by atoms with Crippen molar-refractivity contribution in [3.63, 3.8) is 0 Å². The van der Waals surface area contributed by atoms with Gasteiger partial charge in [-0.25, -0.2) is 17.7 Å². The van der Waals surface area contributed by atoms with Crippen molar-refractivity contribution >= 4 is 27.3 Å². The van der Waals surface area contributed by atoms with Crippen LogP contribution < -0.4 is 10.2 Å². The lowest BCUT2D eigenvalue weighted by atomic mass is 9.98. The minimum atomic E-state index is -3.14. The van der Waals surface area contributed by atoms with E-state index in [-0.39, 0.29) is 6.04 Å². The second-order valence-corrected chi connectivity index (χ2v) is 10.9. The number of rotatable bonds is 5. The van der Waals surface area contributed by atoms with E-state index in [0.29, 0.717) is 25.0 Å². The molecule has 3 aromatic rings. The average molecular weight is 460 g/mol. The predicted molar refractivity (Wildman–Crippen MR) is 122 cm³/mol. The molecule has 0 atom stereocenters. The van der Waals surface area contributed by atoms with E-state index in [1.807, 2.05) is 6.20 Å². The molecule has 0 unspecified atom stereocenters. The molecule has 0 aromatic carbocycles. The van der Waals surface area contributed by atoms with Gasteiger partial charge in [0.05, 0.1) is 12.5 Å². The third-order valence-electron chi connectivity index (χ3n) is 6.49. The minimum absolute atomic E-state index is 0.131. The molecule has 32 heavy (non-hydrogen) atoms. The summed E-state index contributed by atoms with van der Waals surface area (Å²) in [5.74, 6) is 1.25. The third-order valence-corrected chi connectivity index (χ3v) is 7.79. The molecule has 2 aliphatic rings. The Balaban J connectivity index is 1.44. The molecule has 5 heterocycles. The van der Waals surface area contributed by atoms with Gasteiger partial charge in [-0.3, -0.25) is 5.10 Å². The second-order valence-electron chi connectivity index (χ2n) is 8.88. The van der Waals surface area contributed by atoms with Crippen molar-refractivity contribution in [2.24, 2.45) is 5.92 Å². The van der Waals surface area contributed by atoms with Crippen LogP contribution in [-0.2, 0) is 10.0 Å². The number of H-pyrrole nitrogens is 1. The lowest BCUT2D eigenvalue weighted by Crippen LogP contribution is -2.41. The van der Waals surface area contributed by atoms with Crippen molar-refractivity contribution < 1.29 is 8.42 Å². The smallest absolute Gasteiger partial charge is 0.243 e. The maximum absolute atomic E-state index is 11.8. The van der Waals surface area contributed by atoms with Crippen LogP contribution >= 0.6 is 0 Å². The SMILES string of the molecule is CC1CCN(c2c(-c3cn[nH]c3)ncn3nc(NC4CCN(S(C)(=O)=O)CC4)nc23)CC1. The summed E-state index contributed by atoms with van der Waals surface area (Å²) in [7, 11) is -3.14. The molecule has 2 saturated heterocycles. The molecular formula is C20H29N9O2S. The van der Waals surface area contributed by atoms with Crippen LogP contribution in [0, 0.1) is 5.92 Å². The van der Waals surface area contributed by atoms with Gasteiger partial charge in [-0.15, -0.1) is 5.10 Å². The molecule has 11 nitrogen and oxygen atoms in total. The highest BCUT2D eigenvalue weighted by molar-refractivity contribution is 7.88. The number of aromatic amines is 1. The molecule has 0 radical (unpaired) electrons. The fourth-order valence-corrected chi connectivity index (χ4v) is 5.41. The van der Waals surface area contributed by atoms with Crippen molar-refractivity contribution in [3.8, 4) is 11.3 Å². The van der Waals surface area contributed by atoms with E-state index in [1.54, 1.807) is 17.0 Å². The summed E-state index contributed by atoms with van der Waals surface area (Å²) >= 11 is 0. The van der Waals surface area contributed by atoms with Crippen LogP contribution in [0.5, 0.6) is 0 Å². The summed E-state index contributed by atoms with van der Waals surface area (Å²) < 4.78 is 26.8. The Kier molecular flexibility index (Phi) is 5.49. The number of anilines is 2. The molecule has 5 rings (SSSR count). The van der Waals surface area contributed by atoms with Crippen LogP contribution in [0.4, 0.5) is 11.6 Å². The Morgan fingerprint density at radius 1 is 1.12 bits per heavy atom. The largest absolute Gasteiger partial charge is 0.367 e. The van der Waals surface area contributed by atoms with E-state index >= 15 is 0 Å². The molecule has 0 aliphatic carbocycles. The van der Waals surface area contributed by atoms with Gasteiger partial charge in [-0.05, 0) is 31.6 Å². The Labute approximate surface area is 187 Å². The summed E-state index contributed by atoms with van der Waals surface area (Å²) in [4.78, 5) is 11.9. The van der Waals surface area contributed by atoms with Gasteiger partial charge in [0, 0.05) is 44.0 Å². The van der Waals surface area contributed by atoms with Crippen LogP contribution in [0.3, 0.4) is 0 Å². The van der Waals surface area contributed by atoms with Gasteiger partial charge in [0.15, 0.2) is 5.65 Å². The molecule has 3 aromatic heterocycles. The zero-order valence-electron chi connectivity index (χ0n) is 18.4. The molecule has 2 fully saturated rings. The van der Waals surface area contributed by atoms with E-state index in [9.17, 15) is 8.42 Å². The van der Waals surface area contributed by atoms with Gasteiger partial charge in [0.25, 0.3) is 0 Å². The lowest BCUT2D eigenvalue weighted by molar-refractivity contribution is 0.331. The standard InChI is InChI=1S/C20H29N9O2S/c1-14-3-7-27(8-4-14)18-17(15-11-22-23-12-15)21-13-29-19(18)25-20(26-29)24-16-5-9-28(10-6-16)32(2,30)31/h11-14,16H,3-10H2,1-2H3,(H,22,23)(H,24,26). The van der Waals surface area contributed by atoms with Crippen molar-refractivity contribution in [3.05, 3.63) is 18.7 Å². The molecule has 2 N–H and O–H groups in total. The number of fused-ring (bicyclic) bond motifs is 1. The van der Waals surface area contributed by atoms with Crippen LogP contribution in [0.1, 0.15) is 32.6 Å². The first kappa shape index (κ1) is 21.1. The van der Waals surface area contributed by atoms with Gasteiger partial charge < -0.3 is 10.2 Å². The van der Waals surface area contributed by atoms with Gasteiger partial charge >= 0.3 is 0 Å². The number of piperidine rings is 2. The van der Waals surface area contributed by atoms with Crippen molar-refractivity contribution in [2.45, 2.75) is 38.6 Å². The van der Waals surface area contributed by atoms with Crippen LogP contribution in [0.2, 0.25) is 0 Å². The van der Waals surface area contributed by atoms with E-state index in [2.05, 4.69) is 32.4 Å². The summed E-state index contributed by atoms with van der Waals surface area (Å²) in [5, 5.41) is 15.0. The normalized spacial score (nSPS) is 19.6. The minimum Gasteiger partial charge on any atom is -0.367 e. The number of hydrogen-bond donors (Lipinski definition) is 2. The van der Waals surface area contributed by atoms with Crippen molar-refractivity contribution in [1.82, 2.24) is 34.1 Å². The summed E-state index contributed by atoms with van der Waals surface area (Å²) in [6.45, 7) is 5.21. The lowest BCUT2D eigenvalue weighted by Gasteiger charge is -2.32. The third kappa shape index (κ3) is 4.16. The first-order chi connectivity index (χ1) is 15.4. The summed E-state index contributed by atoms with van der Waals surface area (Å²) in [6.07, 6.45) is 10.3. The Morgan fingerprint density at radius 3 is 2.53 bits per heavy atom. The molecule has 0 spiro atoms. The van der Waals surface area contributed by atoms with E-state index in [1.165, 1.54) is 10.6 Å². The molecule has 172 valence electrons. The monoisotopic (exact) mass is 459 g/mol. The number of nitrogens with zero attached hydrogens (tertiary/aromatic N) is 7. The second kappa shape index (κ2) is 8.32. The Bertz CT molecular complexity index is 1180. The molecule has 0 bridgehead atoms. The predicted octanol–water partition coefficient (Wildman–Crippen LogP) is 1.59. The van der Waals surface area contributed by atoms with E-state index in [0.717, 1.165) is 61.4 Å². The van der Waals surface area contributed by atoms with Crippen molar-refractivity contribution in [2.75, 3.05) is 42.7 Å². The fourth-order valence-electron chi connectivity index (χ4n) is 4.54. The Morgan fingerprint density at radius 2 is 1.88 bits per heavy atom. The highest BCUT2D eigenvalue weighted by Crippen LogP contribution is 2.34. The van der Waals surface area contributed by atoms with Gasteiger partial charge in [-0.2, -0.15) is 14.6 Å². The van der Waals surface area contributed by atoms with Gasteiger partial charge in [0.1, 0.15) is 17.7 Å². The Hall–Kier alpha value is -2.73. The summed E-state index contributed by atoms with van der Waals surface area (Å²) in [6, 6.07) is 0.131. The highest BCUT2D eigenvalue weighted by Gasteiger charge is 2.27. The van der Waals surface area contributed by atoms with Gasteiger partial charge in [-0.1, -0.05) is 6.92 Å². The number of sulfonamides is 1. The van der Waals surface area contributed by atoms with Crippen LogP contribution in [-0.4, -0.2) is 81.0 Å². The fraction of sp³-hybridized carbons (Fsp3) is 0.600. The number of nitrogens with one attached hydrogen (secondary N) is 2. The van der Waals surface area contributed by atoms with E-state index in [4.69, 9.17) is 9.97 Å². The molecule has 0 amide bonds. The zero-order chi connectivity index (χ0) is 22.3. The quantitative estimate of drug-likeness (QED) is 0.589. The molecule has 12 heteroatoms. The van der Waals surface area contributed by atoms with Crippen LogP contribution in [0.25, 0.3) is 16.9 Å². The molecule has 2 aliphatic heterocycles. The molecule has 0 saturated carbocycles. The first-order valence-corrected chi connectivity index (χ1v) is 12.9. The number of hydrogen-bond acceptors (Lipinski definition) is 8.